The van der Waals surface area contributed by atoms with Gasteiger partial charge < -0.3 is 0 Å². The van der Waals surface area contributed by atoms with Crippen LogP contribution in [-0.2, 0) is 6.54 Å². The van der Waals surface area contributed by atoms with Crippen molar-refractivity contribution in [3.63, 3.8) is 0 Å². The van der Waals surface area contributed by atoms with Gasteiger partial charge in [-0.25, -0.2) is 14.6 Å². The predicted molar refractivity (Wildman–Crippen MR) is 80.4 cm³/mol. The summed E-state index contributed by atoms with van der Waals surface area (Å²) in [4.78, 5) is 8.60. The van der Waals surface area contributed by atoms with E-state index < -0.39 is 0 Å². The first-order valence-corrected chi connectivity index (χ1v) is 7.14. The zero-order valence-corrected chi connectivity index (χ0v) is 11.5. The summed E-state index contributed by atoms with van der Waals surface area (Å²) >= 11 is 1.53. The molecule has 0 saturated heterocycles. The molecular weight excluding hydrogens is 268 g/mol. The van der Waals surface area contributed by atoms with Gasteiger partial charge in [0.2, 0.25) is 0 Å². The second kappa shape index (κ2) is 5.76. The largest absolute Gasteiger partial charge is 0.243 e. The normalized spacial score (nSPS) is 10.6. The molecule has 0 aliphatic carbocycles. The van der Waals surface area contributed by atoms with Crippen molar-refractivity contribution in [2.24, 2.45) is 0 Å². The summed E-state index contributed by atoms with van der Waals surface area (Å²) in [7, 11) is 0. The fraction of sp³-hybridized carbons (Fsp3) is 0.133. The maximum atomic E-state index is 5.29. The van der Waals surface area contributed by atoms with Gasteiger partial charge in [-0.3, -0.25) is 0 Å². The smallest absolute Gasteiger partial charge is 0.162 e. The highest BCUT2D eigenvalue weighted by Gasteiger charge is 2.09. The van der Waals surface area contributed by atoms with E-state index in [1.54, 1.807) is 12.5 Å². The quantitative estimate of drug-likeness (QED) is 0.418. The molecule has 5 heteroatoms. The van der Waals surface area contributed by atoms with E-state index in [2.05, 4.69) is 33.1 Å². The minimum Gasteiger partial charge on any atom is -0.243 e. The summed E-state index contributed by atoms with van der Waals surface area (Å²) in [6.45, 7) is 0.695. The third kappa shape index (κ3) is 2.51. The van der Waals surface area contributed by atoms with Crippen LogP contribution in [0.3, 0.4) is 0 Å². The maximum absolute atomic E-state index is 5.29. The van der Waals surface area contributed by atoms with Crippen molar-refractivity contribution in [2.75, 3.05) is 5.75 Å². The lowest BCUT2D eigenvalue weighted by Gasteiger charge is -2.03. The molecule has 0 bridgehead atoms. The van der Waals surface area contributed by atoms with Crippen LogP contribution in [0.4, 0.5) is 0 Å². The molecule has 0 N–H and O–H groups in total. The first kappa shape index (κ1) is 12.7. The van der Waals surface area contributed by atoms with Crippen LogP contribution in [0.15, 0.2) is 47.9 Å². The van der Waals surface area contributed by atoms with Crippen LogP contribution in [0.25, 0.3) is 11.0 Å². The Hall–Kier alpha value is -2.32. The van der Waals surface area contributed by atoms with Crippen LogP contribution in [0.1, 0.15) is 5.56 Å². The van der Waals surface area contributed by atoms with Crippen molar-refractivity contribution < 1.29 is 0 Å². The minimum absolute atomic E-state index is 0.593. The summed E-state index contributed by atoms with van der Waals surface area (Å²) in [5.74, 6) is 3.20. The Morgan fingerprint density at radius 2 is 2.05 bits per heavy atom. The van der Waals surface area contributed by atoms with Gasteiger partial charge in [0.05, 0.1) is 23.9 Å². The van der Waals surface area contributed by atoms with E-state index >= 15 is 0 Å². The highest BCUT2D eigenvalue weighted by atomic mass is 32.2. The van der Waals surface area contributed by atoms with Crippen molar-refractivity contribution in [3.05, 3.63) is 48.4 Å². The molecule has 0 atom stereocenters. The molecule has 0 fully saturated rings. The van der Waals surface area contributed by atoms with Crippen molar-refractivity contribution in [1.29, 1.82) is 0 Å². The number of fused-ring (bicyclic) bond motifs is 1. The third-order valence-corrected chi connectivity index (χ3v) is 3.77. The fourth-order valence-electron chi connectivity index (χ4n) is 1.97. The van der Waals surface area contributed by atoms with Gasteiger partial charge in [-0.2, -0.15) is 5.10 Å². The van der Waals surface area contributed by atoms with Crippen molar-refractivity contribution >= 4 is 22.8 Å². The molecule has 0 saturated carbocycles. The molecule has 4 nitrogen and oxygen atoms in total. The Morgan fingerprint density at radius 1 is 1.20 bits per heavy atom. The van der Waals surface area contributed by atoms with E-state index in [1.807, 2.05) is 22.9 Å². The molecule has 20 heavy (non-hydrogen) atoms. The number of thioether (sulfide) groups is 1. The third-order valence-electron chi connectivity index (χ3n) is 2.86. The lowest BCUT2D eigenvalue weighted by Crippen LogP contribution is -2.02. The molecule has 0 spiro atoms. The molecular formula is C15H12N4S. The molecule has 98 valence electrons. The summed E-state index contributed by atoms with van der Waals surface area (Å²) in [6, 6.07) is 10.2. The van der Waals surface area contributed by atoms with E-state index in [4.69, 9.17) is 6.42 Å². The summed E-state index contributed by atoms with van der Waals surface area (Å²) in [5, 5.41) is 6.24. The van der Waals surface area contributed by atoms with Gasteiger partial charge in [0.1, 0.15) is 11.4 Å². The first-order valence-electron chi connectivity index (χ1n) is 6.15. The summed E-state index contributed by atoms with van der Waals surface area (Å²) in [6.07, 6.45) is 8.66. The minimum atomic E-state index is 0.593. The number of benzene rings is 1. The zero-order valence-electron chi connectivity index (χ0n) is 10.7. The molecule has 0 radical (unpaired) electrons. The van der Waals surface area contributed by atoms with Crippen LogP contribution in [-0.4, -0.2) is 25.5 Å². The Bertz CT molecular complexity index is 758. The number of hydrogen-bond acceptors (Lipinski definition) is 4. The van der Waals surface area contributed by atoms with E-state index in [1.165, 1.54) is 17.3 Å². The number of hydrogen-bond donors (Lipinski definition) is 0. The molecule has 2 heterocycles. The van der Waals surface area contributed by atoms with Crippen molar-refractivity contribution in [2.45, 2.75) is 11.6 Å². The Kier molecular flexibility index (Phi) is 3.66. The second-order valence-corrected chi connectivity index (χ2v) is 5.16. The van der Waals surface area contributed by atoms with E-state index in [0.717, 1.165) is 16.1 Å². The standard InChI is InChI=1S/C15H12N4S/c1-2-8-20-15-13-9-18-19(14(13)16-11-17-15)10-12-6-4-3-5-7-12/h1,3-7,9,11H,8,10H2. The second-order valence-electron chi connectivity index (χ2n) is 4.20. The molecule has 1 aromatic carbocycles. The number of aromatic nitrogens is 4. The van der Waals surface area contributed by atoms with Gasteiger partial charge in [-0.05, 0) is 5.56 Å². The van der Waals surface area contributed by atoms with Gasteiger partial charge in [0.25, 0.3) is 0 Å². The van der Waals surface area contributed by atoms with Crippen LogP contribution < -0.4 is 0 Å². The predicted octanol–water partition coefficient (Wildman–Crippen LogP) is 2.60. The zero-order chi connectivity index (χ0) is 13.8. The van der Waals surface area contributed by atoms with Gasteiger partial charge in [0.15, 0.2) is 5.65 Å². The Balaban J connectivity index is 1.96. The average Bonchev–Trinajstić information content (AvgIpc) is 2.90. The van der Waals surface area contributed by atoms with Crippen LogP contribution in [0.2, 0.25) is 0 Å². The highest BCUT2D eigenvalue weighted by molar-refractivity contribution is 7.99. The van der Waals surface area contributed by atoms with Gasteiger partial charge in [-0.15, -0.1) is 6.42 Å². The van der Waals surface area contributed by atoms with Crippen LogP contribution >= 0.6 is 11.8 Å². The SMILES string of the molecule is C#CCSc1ncnc2c1cnn2Cc1ccccc1. The number of rotatable bonds is 4. The van der Waals surface area contributed by atoms with Crippen molar-refractivity contribution in [3.8, 4) is 12.3 Å². The number of terminal acetylenes is 1. The fourth-order valence-corrected chi connectivity index (χ4v) is 2.61. The van der Waals surface area contributed by atoms with E-state index in [0.29, 0.717) is 12.3 Å². The lowest BCUT2D eigenvalue weighted by molar-refractivity contribution is 0.703. The summed E-state index contributed by atoms with van der Waals surface area (Å²) in [5.41, 5.74) is 2.03. The highest BCUT2D eigenvalue weighted by Crippen LogP contribution is 2.24. The molecule has 3 aromatic rings. The van der Waals surface area contributed by atoms with Crippen molar-refractivity contribution in [1.82, 2.24) is 19.7 Å². The van der Waals surface area contributed by atoms with E-state index in [-0.39, 0.29) is 0 Å². The monoisotopic (exact) mass is 280 g/mol. The molecule has 0 unspecified atom stereocenters. The number of nitrogens with zero attached hydrogens (tertiary/aromatic N) is 4. The van der Waals surface area contributed by atoms with Crippen LogP contribution in [0, 0.1) is 12.3 Å². The Labute approximate surface area is 121 Å². The Morgan fingerprint density at radius 3 is 2.85 bits per heavy atom. The molecule has 2 aromatic heterocycles. The van der Waals surface area contributed by atoms with Gasteiger partial charge >= 0.3 is 0 Å². The topological polar surface area (TPSA) is 43.6 Å². The first-order chi connectivity index (χ1) is 9.88. The lowest BCUT2D eigenvalue weighted by atomic mass is 10.2. The van der Waals surface area contributed by atoms with Gasteiger partial charge in [-0.1, -0.05) is 48.0 Å². The average molecular weight is 280 g/mol. The van der Waals surface area contributed by atoms with Gasteiger partial charge in [0, 0.05) is 0 Å². The maximum Gasteiger partial charge on any atom is 0.162 e. The van der Waals surface area contributed by atoms with E-state index in [9.17, 15) is 0 Å². The molecule has 0 aliphatic rings. The van der Waals surface area contributed by atoms with Crippen LogP contribution in [0.5, 0.6) is 0 Å². The molecule has 3 rings (SSSR count). The molecule has 0 amide bonds. The summed E-state index contributed by atoms with van der Waals surface area (Å²) < 4.78 is 1.88. The molecule has 0 aliphatic heterocycles.